The largest absolute Gasteiger partial charge is 0.497 e. The molecule has 2 amide bonds. The van der Waals surface area contributed by atoms with E-state index in [9.17, 15) is 9.59 Å². The van der Waals surface area contributed by atoms with Gasteiger partial charge in [0.2, 0.25) is 0 Å². The molecule has 28 heavy (non-hydrogen) atoms. The van der Waals surface area contributed by atoms with Gasteiger partial charge < -0.3 is 15.4 Å². The van der Waals surface area contributed by atoms with Crippen LogP contribution in [0, 0.1) is 0 Å². The number of halogens is 2. The molecule has 0 spiro atoms. The van der Waals surface area contributed by atoms with Crippen LogP contribution in [0.1, 0.15) is 15.9 Å². The van der Waals surface area contributed by atoms with Crippen LogP contribution < -0.4 is 15.4 Å². The molecule has 0 fully saturated rings. The maximum absolute atomic E-state index is 12.9. The molecule has 0 aliphatic heterocycles. The van der Waals surface area contributed by atoms with Crippen molar-refractivity contribution in [2.75, 3.05) is 17.7 Å². The van der Waals surface area contributed by atoms with Gasteiger partial charge in [0.05, 0.1) is 17.8 Å². The van der Waals surface area contributed by atoms with E-state index in [1.54, 1.807) is 67.8 Å². The van der Waals surface area contributed by atoms with Crippen LogP contribution in [-0.4, -0.2) is 18.9 Å². The number of ether oxygens (including phenoxy) is 1. The predicted molar refractivity (Wildman–Crippen MR) is 112 cm³/mol. The highest BCUT2D eigenvalue weighted by Crippen LogP contribution is 2.27. The lowest BCUT2D eigenvalue weighted by Crippen LogP contribution is -2.21. The summed E-state index contributed by atoms with van der Waals surface area (Å²) in [5.74, 6) is 0.267. The summed E-state index contributed by atoms with van der Waals surface area (Å²) in [6.45, 7) is 0. The lowest BCUT2D eigenvalue weighted by molar-refractivity contribution is 0.103. The molecule has 0 saturated heterocycles. The monoisotopic (exact) mass is 414 g/mol. The number of hydrogen-bond donors (Lipinski definition) is 2. The Bertz CT molecular complexity index is 1040. The van der Waals surface area contributed by atoms with Crippen LogP contribution in [0.5, 0.6) is 5.75 Å². The second-order valence-electron chi connectivity index (χ2n) is 5.81. The molecule has 0 aromatic heterocycles. The molecule has 7 heteroatoms. The number of methoxy groups -OCH3 is 1. The highest BCUT2D eigenvalue weighted by Gasteiger charge is 2.18. The Morgan fingerprint density at radius 3 is 2.39 bits per heavy atom. The zero-order valence-electron chi connectivity index (χ0n) is 14.8. The van der Waals surface area contributed by atoms with Crippen molar-refractivity contribution in [2.24, 2.45) is 0 Å². The lowest BCUT2D eigenvalue weighted by Gasteiger charge is -2.13. The first-order valence-corrected chi connectivity index (χ1v) is 9.04. The predicted octanol–water partition coefficient (Wildman–Crippen LogP) is 5.88. The summed E-state index contributed by atoms with van der Waals surface area (Å²) >= 11 is 12.2. The Hall–Kier alpha value is -3.02. The number of amides is 2. The summed E-state index contributed by atoms with van der Waals surface area (Å²) in [4.78, 5) is 25.3. The van der Waals surface area contributed by atoms with Gasteiger partial charge in [0, 0.05) is 27.9 Å². The van der Waals surface area contributed by atoms with Crippen molar-refractivity contribution in [2.45, 2.75) is 0 Å². The Labute approximate surface area is 172 Å². The molecular formula is C21H16Cl2N2O3. The van der Waals surface area contributed by atoms with Crippen molar-refractivity contribution >= 4 is 46.4 Å². The van der Waals surface area contributed by atoms with E-state index in [4.69, 9.17) is 27.9 Å². The molecule has 0 aliphatic carbocycles. The number of anilines is 2. The maximum atomic E-state index is 12.9. The average molecular weight is 415 g/mol. The van der Waals surface area contributed by atoms with E-state index < -0.39 is 6.03 Å². The van der Waals surface area contributed by atoms with E-state index in [2.05, 4.69) is 10.6 Å². The minimum atomic E-state index is -0.510. The van der Waals surface area contributed by atoms with E-state index in [1.807, 2.05) is 0 Å². The van der Waals surface area contributed by atoms with Gasteiger partial charge in [-0.25, -0.2) is 4.79 Å². The Morgan fingerprint density at radius 1 is 0.857 bits per heavy atom. The lowest BCUT2D eigenvalue weighted by atomic mass is 10.0. The quantitative estimate of drug-likeness (QED) is 0.512. The smallest absolute Gasteiger partial charge is 0.323 e. The van der Waals surface area contributed by atoms with Gasteiger partial charge >= 0.3 is 6.03 Å². The van der Waals surface area contributed by atoms with Gasteiger partial charge in [-0.05, 0) is 42.5 Å². The third-order valence-electron chi connectivity index (χ3n) is 3.92. The zero-order valence-corrected chi connectivity index (χ0v) is 16.3. The molecule has 0 atom stereocenters. The molecule has 3 aromatic carbocycles. The van der Waals surface area contributed by atoms with Crippen LogP contribution in [-0.2, 0) is 0 Å². The topological polar surface area (TPSA) is 67.4 Å². The van der Waals surface area contributed by atoms with Gasteiger partial charge in [-0.2, -0.15) is 0 Å². The summed E-state index contributed by atoms with van der Waals surface area (Å²) < 4.78 is 5.14. The third-order valence-corrected chi connectivity index (χ3v) is 4.49. The molecule has 0 unspecified atom stereocenters. The molecule has 0 bridgehead atoms. The van der Waals surface area contributed by atoms with Crippen LogP contribution in [0.15, 0.2) is 66.7 Å². The van der Waals surface area contributed by atoms with E-state index >= 15 is 0 Å². The molecule has 5 nitrogen and oxygen atoms in total. The zero-order chi connectivity index (χ0) is 20.1. The van der Waals surface area contributed by atoms with Gasteiger partial charge in [0.1, 0.15) is 5.75 Å². The molecule has 142 valence electrons. The molecule has 3 aromatic rings. The fourth-order valence-electron chi connectivity index (χ4n) is 2.59. The van der Waals surface area contributed by atoms with Gasteiger partial charge in [-0.15, -0.1) is 0 Å². The minimum absolute atomic E-state index is 0.237. The third kappa shape index (κ3) is 4.63. The van der Waals surface area contributed by atoms with Crippen LogP contribution in [0.25, 0.3) is 0 Å². The fourth-order valence-corrected chi connectivity index (χ4v) is 2.98. The first-order chi connectivity index (χ1) is 13.5. The number of rotatable bonds is 5. The molecule has 2 N–H and O–H groups in total. The second kappa shape index (κ2) is 8.78. The van der Waals surface area contributed by atoms with Crippen molar-refractivity contribution in [1.29, 1.82) is 0 Å². The van der Waals surface area contributed by atoms with Crippen molar-refractivity contribution in [3.05, 3.63) is 87.9 Å². The Balaban J connectivity index is 1.85. The SMILES string of the molecule is COc1cccc(NC(=O)Nc2ccc(Cl)cc2C(=O)c2ccccc2Cl)c1. The number of nitrogens with one attached hydrogen (secondary N) is 2. The summed E-state index contributed by atoms with van der Waals surface area (Å²) in [7, 11) is 1.54. The number of hydrogen-bond acceptors (Lipinski definition) is 3. The molecule has 0 saturated carbocycles. The van der Waals surface area contributed by atoms with Crippen molar-refractivity contribution in [1.82, 2.24) is 0 Å². The molecule has 0 heterocycles. The highest BCUT2D eigenvalue weighted by molar-refractivity contribution is 6.36. The summed E-state index contributed by atoms with van der Waals surface area (Å²) in [6.07, 6.45) is 0. The van der Waals surface area contributed by atoms with Gasteiger partial charge in [-0.1, -0.05) is 41.4 Å². The summed E-state index contributed by atoms with van der Waals surface area (Å²) in [6, 6.07) is 17.8. The first-order valence-electron chi connectivity index (χ1n) is 8.29. The molecule has 3 rings (SSSR count). The number of carbonyl (C=O) groups excluding carboxylic acids is 2. The Morgan fingerprint density at radius 2 is 1.64 bits per heavy atom. The van der Waals surface area contributed by atoms with Crippen molar-refractivity contribution in [3.8, 4) is 5.75 Å². The molecule has 0 aliphatic rings. The minimum Gasteiger partial charge on any atom is -0.497 e. The standard InChI is InChI=1S/C21H16Cl2N2O3/c1-28-15-6-4-5-14(12-15)24-21(27)25-19-10-9-13(22)11-17(19)20(26)16-7-2-3-8-18(16)23/h2-12H,1H3,(H2,24,25,27). The fraction of sp³-hybridized carbons (Fsp3) is 0.0476. The number of benzene rings is 3. The summed E-state index contributed by atoms with van der Waals surface area (Å²) in [5, 5.41) is 6.07. The Kier molecular flexibility index (Phi) is 6.19. The van der Waals surface area contributed by atoms with Crippen LogP contribution in [0.4, 0.5) is 16.2 Å². The second-order valence-corrected chi connectivity index (χ2v) is 6.65. The van der Waals surface area contributed by atoms with E-state index in [-0.39, 0.29) is 11.3 Å². The molecule has 0 radical (unpaired) electrons. The van der Waals surface area contributed by atoms with E-state index in [0.717, 1.165) is 0 Å². The van der Waals surface area contributed by atoms with E-state index in [1.165, 1.54) is 6.07 Å². The highest BCUT2D eigenvalue weighted by atomic mass is 35.5. The number of carbonyl (C=O) groups is 2. The van der Waals surface area contributed by atoms with Gasteiger partial charge in [0.15, 0.2) is 5.78 Å². The average Bonchev–Trinajstić information content (AvgIpc) is 2.69. The van der Waals surface area contributed by atoms with Crippen LogP contribution in [0.3, 0.4) is 0 Å². The van der Waals surface area contributed by atoms with E-state index in [0.29, 0.717) is 32.7 Å². The number of ketones is 1. The maximum Gasteiger partial charge on any atom is 0.323 e. The normalized spacial score (nSPS) is 10.2. The molecular weight excluding hydrogens is 399 g/mol. The van der Waals surface area contributed by atoms with Crippen molar-refractivity contribution < 1.29 is 14.3 Å². The van der Waals surface area contributed by atoms with Crippen molar-refractivity contribution in [3.63, 3.8) is 0 Å². The summed E-state index contributed by atoms with van der Waals surface area (Å²) in [5.41, 5.74) is 1.42. The van der Waals surface area contributed by atoms with Gasteiger partial charge in [0.25, 0.3) is 0 Å². The first kappa shape index (κ1) is 19.7. The van der Waals surface area contributed by atoms with Gasteiger partial charge in [-0.3, -0.25) is 4.79 Å². The van der Waals surface area contributed by atoms with Crippen LogP contribution >= 0.6 is 23.2 Å². The number of urea groups is 1. The van der Waals surface area contributed by atoms with Crippen LogP contribution in [0.2, 0.25) is 10.0 Å².